The van der Waals surface area contributed by atoms with E-state index in [1.54, 1.807) is 4.68 Å². The third-order valence-electron chi connectivity index (χ3n) is 4.28. The van der Waals surface area contributed by atoms with E-state index in [1.165, 1.54) is 45.4 Å². The first-order valence-corrected chi connectivity index (χ1v) is 7.33. The number of tetrazole rings is 1. The van der Waals surface area contributed by atoms with Crippen molar-refractivity contribution >= 4 is 0 Å². The Balaban J connectivity index is 1.43. The molecular formula is C13H24N6. The van der Waals surface area contributed by atoms with E-state index in [-0.39, 0.29) is 0 Å². The number of aromatic nitrogens is 4. The van der Waals surface area contributed by atoms with Crippen molar-refractivity contribution in [2.75, 3.05) is 33.2 Å². The van der Waals surface area contributed by atoms with Crippen LogP contribution in [0, 0.1) is 11.8 Å². The van der Waals surface area contributed by atoms with Gasteiger partial charge in [0.1, 0.15) is 0 Å². The summed E-state index contributed by atoms with van der Waals surface area (Å²) in [5, 5.41) is 11.6. The van der Waals surface area contributed by atoms with E-state index in [4.69, 9.17) is 0 Å². The van der Waals surface area contributed by atoms with Gasteiger partial charge >= 0.3 is 0 Å². The van der Waals surface area contributed by atoms with E-state index in [9.17, 15) is 0 Å². The summed E-state index contributed by atoms with van der Waals surface area (Å²) in [6.07, 6.45) is 4.20. The van der Waals surface area contributed by atoms with Crippen molar-refractivity contribution in [2.45, 2.75) is 25.8 Å². The quantitative estimate of drug-likeness (QED) is 0.743. The van der Waals surface area contributed by atoms with Crippen molar-refractivity contribution in [3.05, 3.63) is 5.82 Å². The van der Waals surface area contributed by atoms with Crippen molar-refractivity contribution in [2.24, 2.45) is 18.9 Å². The molecule has 6 heteroatoms. The smallest absolute Gasteiger partial charge is 0.164 e. The number of hydrogen-bond donors (Lipinski definition) is 0. The van der Waals surface area contributed by atoms with Crippen molar-refractivity contribution in [3.8, 4) is 0 Å². The molecule has 1 aliphatic carbocycles. The highest BCUT2D eigenvalue weighted by atomic mass is 15.5. The third kappa shape index (κ3) is 3.51. The molecule has 1 aromatic heterocycles. The van der Waals surface area contributed by atoms with Crippen LogP contribution >= 0.6 is 0 Å². The van der Waals surface area contributed by atoms with E-state index in [0.717, 1.165) is 24.2 Å². The van der Waals surface area contributed by atoms with Crippen LogP contribution in [0.5, 0.6) is 0 Å². The van der Waals surface area contributed by atoms with Gasteiger partial charge in [-0.3, -0.25) is 4.90 Å². The van der Waals surface area contributed by atoms with E-state index in [0.29, 0.717) is 0 Å². The first-order valence-electron chi connectivity index (χ1n) is 7.33. The van der Waals surface area contributed by atoms with Gasteiger partial charge in [-0.05, 0) is 55.1 Å². The van der Waals surface area contributed by atoms with Crippen LogP contribution in [-0.4, -0.2) is 63.2 Å². The Morgan fingerprint density at radius 1 is 1.21 bits per heavy atom. The summed E-state index contributed by atoms with van der Waals surface area (Å²) >= 11 is 0. The molecule has 2 aliphatic rings. The summed E-state index contributed by atoms with van der Waals surface area (Å²) in [6, 6.07) is 0. The maximum atomic E-state index is 4.06. The highest BCUT2D eigenvalue weighted by Gasteiger charge is 2.27. The van der Waals surface area contributed by atoms with Gasteiger partial charge in [0.15, 0.2) is 5.82 Å². The number of rotatable bonds is 6. The zero-order chi connectivity index (χ0) is 13.2. The molecule has 1 saturated heterocycles. The molecule has 1 atom stereocenters. The van der Waals surface area contributed by atoms with Crippen molar-refractivity contribution in [1.29, 1.82) is 0 Å². The fourth-order valence-corrected chi connectivity index (χ4v) is 3.04. The van der Waals surface area contributed by atoms with Gasteiger partial charge in [-0.25, -0.2) is 4.68 Å². The van der Waals surface area contributed by atoms with Gasteiger partial charge in [0.2, 0.25) is 0 Å². The second kappa shape index (κ2) is 5.54. The van der Waals surface area contributed by atoms with Gasteiger partial charge in [-0.1, -0.05) is 0 Å². The number of hydrogen-bond acceptors (Lipinski definition) is 5. The Bertz CT molecular complexity index is 413. The molecule has 0 amide bonds. The second-order valence-electron chi connectivity index (χ2n) is 6.27. The molecule has 2 heterocycles. The lowest BCUT2D eigenvalue weighted by Gasteiger charge is -2.21. The maximum Gasteiger partial charge on any atom is 0.164 e. The molecule has 0 spiro atoms. The van der Waals surface area contributed by atoms with Crippen LogP contribution in [0.4, 0.5) is 0 Å². The number of likely N-dealkylation sites (tertiary alicyclic amines) is 1. The topological polar surface area (TPSA) is 50.1 Å². The van der Waals surface area contributed by atoms with Crippen LogP contribution in [-0.2, 0) is 13.6 Å². The van der Waals surface area contributed by atoms with Crippen LogP contribution in [0.15, 0.2) is 0 Å². The van der Waals surface area contributed by atoms with Gasteiger partial charge in [0.05, 0.1) is 6.54 Å². The van der Waals surface area contributed by atoms with E-state index < -0.39 is 0 Å². The summed E-state index contributed by atoms with van der Waals surface area (Å²) < 4.78 is 1.77. The van der Waals surface area contributed by atoms with Gasteiger partial charge in [-0.15, -0.1) is 5.10 Å². The third-order valence-corrected chi connectivity index (χ3v) is 4.28. The van der Waals surface area contributed by atoms with Crippen molar-refractivity contribution in [1.82, 2.24) is 30.0 Å². The summed E-state index contributed by atoms with van der Waals surface area (Å²) in [5.41, 5.74) is 0. The van der Waals surface area contributed by atoms with Crippen LogP contribution in [0.25, 0.3) is 0 Å². The first-order chi connectivity index (χ1) is 9.20. The first kappa shape index (κ1) is 13.0. The molecule has 1 aromatic rings. The zero-order valence-electron chi connectivity index (χ0n) is 12.0. The Morgan fingerprint density at radius 3 is 2.68 bits per heavy atom. The lowest BCUT2D eigenvalue weighted by molar-refractivity contribution is 0.250. The van der Waals surface area contributed by atoms with E-state index in [1.807, 2.05) is 7.05 Å². The molecule has 3 rings (SSSR count). The SMILES string of the molecule is CN(CC1CC1)CC1CCN(Cc2nnnn2C)C1. The lowest BCUT2D eigenvalue weighted by Crippen LogP contribution is -2.30. The molecule has 1 saturated carbocycles. The summed E-state index contributed by atoms with van der Waals surface area (Å²) in [4.78, 5) is 5.00. The van der Waals surface area contributed by atoms with E-state index in [2.05, 4.69) is 32.4 Å². The van der Waals surface area contributed by atoms with Crippen molar-refractivity contribution < 1.29 is 0 Å². The molecule has 2 fully saturated rings. The Morgan fingerprint density at radius 2 is 2.00 bits per heavy atom. The number of aryl methyl sites for hydroxylation is 1. The molecule has 0 aromatic carbocycles. The fraction of sp³-hybridized carbons (Fsp3) is 0.923. The standard InChI is InChI=1S/C13H24N6/c1-17(7-11-3-4-11)8-12-5-6-19(9-12)10-13-14-15-16-18(13)2/h11-12H,3-10H2,1-2H3. The van der Waals surface area contributed by atoms with Crippen LogP contribution in [0.1, 0.15) is 25.1 Å². The molecule has 0 radical (unpaired) electrons. The van der Waals surface area contributed by atoms with Crippen LogP contribution in [0.3, 0.4) is 0 Å². The molecule has 1 aliphatic heterocycles. The van der Waals surface area contributed by atoms with Crippen LogP contribution < -0.4 is 0 Å². The zero-order valence-corrected chi connectivity index (χ0v) is 12.0. The lowest BCUT2D eigenvalue weighted by atomic mass is 10.1. The predicted octanol–water partition coefficient (Wildman–Crippen LogP) is 0.374. The summed E-state index contributed by atoms with van der Waals surface area (Å²) in [7, 11) is 4.18. The van der Waals surface area contributed by atoms with Gasteiger partial charge in [0, 0.05) is 26.7 Å². The highest BCUT2D eigenvalue weighted by Crippen LogP contribution is 2.30. The predicted molar refractivity (Wildman–Crippen MR) is 72.4 cm³/mol. The molecule has 106 valence electrons. The summed E-state index contributed by atoms with van der Waals surface area (Å²) in [6.45, 7) is 5.77. The molecule has 1 unspecified atom stereocenters. The van der Waals surface area contributed by atoms with Gasteiger partial charge in [0.25, 0.3) is 0 Å². The minimum absolute atomic E-state index is 0.810. The molecule has 0 bridgehead atoms. The summed E-state index contributed by atoms with van der Waals surface area (Å²) in [5.74, 6) is 2.77. The normalized spacial score (nSPS) is 24.5. The minimum Gasteiger partial charge on any atom is -0.306 e. The average molecular weight is 264 g/mol. The number of nitrogens with zero attached hydrogens (tertiary/aromatic N) is 6. The van der Waals surface area contributed by atoms with Gasteiger partial charge in [-0.2, -0.15) is 0 Å². The molecular weight excluding hydrogens is 240 g/mol. The minimum atomic E-state index is 0.810. The van der Waals surface area contributed by atoms with Gasteiger partial charge < -0.3 is 4.90 Å². The largest absolute Gasteiger partial charge is 0.306 e. The Kier molecular flexibility index (Phi) is 3.79. The Hall–Kier alpha value is -1.01. The Labute approximate surface area is 114 Å². The molecule has 0 N–H and O–H groups in total. The highest BCUT2D eigenvalue weighted by molar-refractivity contribution is 4.85. The monoisotopic (exact) mass is 264 g/mol. The molecule has 6 nitrogen and oxygen atoms in total. The van der Waals surface area contributed by atoms with Crippen LogP contribution in [0.2, 0.25) is 0 Å². The fourth-order valence-electron chi connectivity index (χ4n) is 3.04. The maximum absolute atomic E-state index is 4.06. The average Bonchev–Trinajstić information content (AvgIpc) is 2.92. The molecule has 19 heavy (non-hydrogen) atoms. The van der Waals surface area contributed by atoms with Crippen molar-refractivity contribution in [3.63, 3.8) is 0 Å². The van der Waals surface area contributed by atoms with E-state index >= 15 is 0 Å². The second-order valence-corrected chi connectivity index (χ2v) is 6.27.